The molecule has 1 N–H and O–H groups in total. The molecule has 0 unspecified atom stereocenters. The lowest BCUT2D eigenvalue weighted by atomic mass is 10.0. The summed E-state index contributed by atoms with van der Waals surface area (Å²) in [5.74, 6) is 2.34. The zero-order valence-electron chi connectivity index (χ0n) is 22.1. The monoisotopic (exact) mass is 512 g/mol. The molecule has 0 spiro atoms. The van der Waals surface area contributed by atoms with Gasteiger partial charge in [0.25, 0.3) is 5.56 Å². The summed E-state index contributed by atoms with van der Waals surface area (Å²) in [6.45, 7) is 7.61. The number of pyridine rings is 1. The van der Waals surface area contributed by atoms with Gasteiger partial charge >= 0.3 is 0 Å². The molecular weight excluding hydrogens is 480 g/mol. The highest BCUT2D eigenvalue weighted by molar-refractivity contribution is 5.85. The third-order valence-electron chi connectivity index (χ3n) is 7.01. The Morgan fingerprint density at radius 2 is 1.87 bits per heavy atom. The number of furan rings is 1. The Kier molecular flexibility index (Phi) is 7.37. The number of hydrogen-bond acceptors (Lipinski definition) is 7. The molecule has 2 aromatic carbocycles. The van der Waals surface area contributed by atoms with Crippen molar-refractivity contribution in [3.8, 4) is 5.75 Å². The van der Waals surface area contributed by atoms with Gasteiger partial charge in [-0.2, -0.15) is 0 Å². The van der Waals surface area contributed by atoms with Gasteiger partial charge in [0.05, 0.1) is 38.0 Å². The summed E-state index contributed by atoms with van der Waals surface area (Å²) in [5, 5.41) is 13.8. The van der Waals surface area contributed by atoms with Crippen molar-refractivity contribution in [1.29, 1.82) is 0 Å². The molecule has 9 nitrogen and oxygen atoms in total. The van der Waals surface area contributed by atoms with E-state index < -0.39 is 0 Å². The van der Waals surface area contributed by atoms with Crippen molar-refractivity contribution in [2.24, 2.45) is 0 Å². The van der Waals surface area contributed by atoms with Gasteiger partial charge in [0, 0.05) is 17.5 Å². The van der Waals surface area contributed by atoms with E-state index >= 15 is 0 Å². The Morgan fingerprint density at radius 3 is 2.58 bits per heavy atom. The molecule has 0 bridgehead atoms. The first-order valence-electron chi connectivity index (χ1n) is 12.7. The van der Waals surface area contributed by atoms with Crippen molar-refractivity contribution in [3.05, 3.63) is 105 Å². The summed E-state index contributed by atoms with van der Waals surface area (Å²) in [6, 6.07) is 17.7. The van der Waals surface area contributed by atoms with Gasteiger partial charge < -0.3 is 14.1 Å². The molecule has 0 saturated carbocycles. The highest BCUT2D eigenvalue weighted by Gasteiger charge is 2.27. The van der Waals surface area contributed by atoms with Gasteiger partial charge in [0.2, 0.25) is 0 Å². The highest BCUT2D eigenvalue weighted by Crippen LogP contribution is 2.28. The Bertz CT molecular complexity index is 1570. The molecule has 38 heavy (non-hydrogen) atoms. The third kappa shape index (κ3) is 5.24. The summed E-state index contributed by atoms with van der Waals surface area (Å²) < 4.78 is 12.8. The number of hydrogen-bond donors (Lipinski definition) is 1. The van der Waals surface area contributed by atoms with Crippen LogP contribution in [0, 0.1) is 13.8 Å². The normalized spacial score (nSPS) is 12.3. The molecular formula is C29H32N6O3. The highest BCUT2D eigenvalue weighted by atomic mass is 16.5. The molecule has 1 atom stereocenters. The lowest BCUT2D eigenvalue weighted by Crippen LogP contribution is -2.32. The molecule has 0 fully saturated rings. The molecule has 9 heteroatoms. The molecule has 3 aromatic heterocycles. The van der Waals surface area contributed by atoms with E-state index in [1.807, 2.05) is 60.1 Å². The first-order chi connectivity index (χ1) is 18.5. The summed E-state index contributed by atoms with van der Waals surface area (Å²) in [4.78, 5) is 18.6. The zero-order valence-corrected chi connectivity index (χ0v) is 22.1. The molecule has 196 valence electrons. The molecule has 0 aliphatic rings. The van der Waals surface area contributed by atoms with E-state index in [-0.39, 0.29) is 11.6 Å². The van der Waals surface area contributed by atoms with Gasteiger partial charge in [-0.3, -0.25) is 9.69 Å². The molecule has 0 radical (unpaired) electrons. The first-order valence-corrected chi connectivity index (χ1v) is 12.7. The molecule has 0 aliphatic carbocycles. The van der Waals surface area contributed by atoms with E-state index in [9.17, 15) is 4.79 Å². The molecule has 0 saturated heterocycles. The number of aromatic nitrogens is 5. The SMILES string of the molecule is CC[C@H](c1nnnn1Cc1ccc(OC)cc1)N(Cc1ccco1)Cc1cc2c(C)ccc(C)c2[nH]c1=O. The molecule has 0 amide bonds. The Hall–Kier alpha value is -4.24. The van der Waals surface area contributed by atoms with Crippen LogP contribution in [0.15, 0.2) is 70.1 Å². The van der Waals surface area contributed by atoms with Crippen LogP contribution in [0.2, 0.25) is 0 Å². The summed E-state index contributed by atoms with van der Waals surface area (Å²) in [5.41, 5.74) is 4.70. The van der Waals surface area contributed by atoms with E-state index in [1.165, 1.54) is 0 Å². The second kappa shape index (κ2) is 11.0. The second-order valence-electron chi connectivity index (χ2n) is 9.56. The fourth-order valence-corrected chi connectivity index (χ4v) is 4.90. The maximum Gasteiger partial charge on any atom is 0.252 e. The van der Waals surface area contributed by atoms with Gasteiger partial charge in [-0.05, 0) is 77.7 Å². The van der Waals surface area contributed by atoms with Gasteiger partial charge in [-0.1, -0.05) is 31.2 Å². The number of aryl methyl sites for hydroxylation is 2. The fraction of sp³-hybridized carbons (Fsp3) is 0.310. The van der Waals surface area contributed by atoms with Crippen LogP contribution in [0.4, 0.5) is 0 Å². The van der Waals surface area contributed by atoms with Crippen molar-refractivity contribution in [2.75, 3.05) is 7.11 Å². The average molecular weight is 513 g/mol. The fourth-order valence-electron chi connectivity index (χ4n) is 4.90. The molecule has 0 aliphatic heterocycles. The van der Waals surface area contributed by atoms with Crippen LogP contribution in [-0.2, 0) is 19.6 Å². The standard InChI is InChI=1S/C29H32N6O3/c1-5-26(28-31-32-33-35(28)16-21-10-12-23(37-4)13-11-21)34(18-24-7-6-14-38-24)17-22-15-25-19(2)8-9-20(3)27(25)30-29(22)36/h6-15,26H,5,16-18H2,1-4H3,(H,30,36)/t26-/m1/s1. The van der Waals surface area contributed by atoms with Crippen LogP contribution in [0.3, 0.4) is 0 Å². The number of fused-ring (bicyclic) bond motifs is 1. The Labute approximate surface area is 221 Å². The van der Waals surface area contributed by atoms with Gasteiger partial charge in [0.1, 0.15) is 11.5 Å². The topological polar surface area (TPSA) is 102 Å². The van der Waals surface area contributed by atoms with E-state index in [2.05, 4.69) is 45.3 Å². The van der Waals surface area contributed by atoms with Crippen molar-refractivity contribution >= 4 is 10.9 Å². The maximum atomic E-state index is 13.2. The number of nitrogens with one attached hydrogen (secondary N) is 1. The quantitative estimate of drug-likeness (QED) is 0.283. The lowest BCUT2D eigenvalue weighted by Gasteiger charge is -2.29. The van der Waals surface area contributed by atoms with E-state index in [4.69, 9.17) is 9.15 Å². The number of H-pyrrole nitrogens is 1. The van der Waals surface area contributed by atoms with Crippen LogP contribution in [0.5, 0.6) is 5.75 Å². The van der Waals surface area contributed by atoms with Crippen molar-refractivity contribution in [1.82, 2.24) is 30.1 Å². The van der Waals surface area contributed by atoms with Gasteiger partial charge in [-0.15, -0.1) is 5.10 Å². The summed E-state index contributed by atoms with van der Waals surface area (Å²) in [6.07, 6.45) is 2.41. The lowest BCUT2D eigenvalue weighted by molar-refractivity contribution is 0.149. The number of rotatable bonds is 10. The molecule has 5 aromatic rings. The first kappa shape index (κ1) is 25.4. The minimum absolute atomic E-state index is 0.0941. The van der Waals surface area contributed by atoms with E-state index in [0.717, 1.165) is 51.3 Å². The Morgan fingerprint density at radius 1 is 1.08 bits per heavy atom. The third-order valence-corrected chi connectivity index (χ3v) is 7.01. The smallest absolute Gasteiger partial charge is 0.252 e. The predicted octanol–water partition coefficient (Wildman–Crippen LogP) is 4.93. The minimum Gasteiger partial charge on any atom is -0.497 e. The van der Waals surface area contributed by atoms with E-state index in [0.29, 0.717) is 25.2 Å². The number of nitrogens with zero attached hydrogens (tertiary/aromatic N) is 5. The summed E-state index contributed by atoms with van der Waals surface area (Å²) >= 11 is 0. The van der Waals surface area contributed by atoms with E-state index in [1.54, 1.807) is 13.4 Å². The van der Waals surface area contributed by atoms with Gasteiger partial charge in [0.15, 0.2) is 5.82 Å². The number of benzene rings is 2. The van der Waals surface area contributed by atoms with Crippen LogP contribution in [0.1, 0.15) is 53.2 Å². The number of methoxy groups -OCH3 is 1. The number of tetrazole rings is 1. The minimum atomic E-state index is -0.151. The number of ether oxygens (including phenoxy) is 1. The van der Waals surface area contributed by atoms with Crippen molar-refractivity contribution < 1.29 is 9.15 Å². The Balaban J connectivity index is 1.50. The summed E-state index contributed by atoms with van der Waals surface area (Å²) in [7, 11) is 1.65. The average Bonchev–Trinajstić information content (AvgIpc) is 3.60. The van der Waals surface area contributed by atoms with Crippen molar-refractivity contribution in [2.45, 2.75) is 52.9 Å². The van der Waals surface area contributed by atoms with Crippen molar-refractivity contribution in [3.63, 3.8) is 0 Å². The number of aromatic amines is 1. The van der Waals surface area contributed by atoms with Crippen LogP contribution >= 0.6 is 0 Å². The van der Waals surface area contributed by atoms with Crippen LogP contribution in [0.25, 0.3) is 10.9 Å². The predicted molar refractivity (Wildman–Crippen MR) is 145 cm³/mol. The van der Waals surface area contributed by atoms with Crippen LogP contribution in [-0.4, -0.2) is 37.2 Å². The van der Waals surface area contributed by atoms with Gasteiger partial charge in [-0.25, -0.2) is 4.68 Å². The largest absolute Gasteiger partial charge is 0.497 e. The molecule has 5 rings (SSSR count). The maximum absolute atomic E-state index is 13.2. The van der Waals surface area contributed by atoms with Crippen LogP contribution < -0.4 is 10.3 Å². The zero-order chi connectivity index (χ0) is 26.6. The molecule has 3 heterocycles. The second-order valence-corrected chi connectivity index (χ2v) is 9.56.